The SMILES string of the molecule is O=[C]ON1CCC(C(=O)c2ccc(F)cc2)CC1. The molecule has 0 atom stereocenters. The Balaban J connectivity index is 1.95. The first-order chi connectivity index (χ1) is 8.70. The van der Waals surface area contributed by atoms with Crippen LogP contribution in [0.25, 0.3) is 0 Å². The Morgan fingerprint density at radius 3 is 2.44 bits per heavy atom. The van der Waals surface area contributed by atoms with Gasteiger partial charge in [-0.25, -0.2) is 9.18 Å². The molecule has 0 aliphatic carbocycles. The molecule has 5 heteroatoms. The van der Waals surface area contributed by atoms with Crippen molar-refractivity contribution in [2.45, 2.75) is 12.8 Å². The van der Waals surface area contributed by atoms with Crippen molar-refractivity contribution in [1.82, 2.24) is 5.06 Å². The first kappa shape index (κ1) is 12.7. The number of nitrogens with zero attached hydrogens (tertiary/aromatic N) is 1. The quantitative estimate of drug-likeness (QED) is 0.763. The highest BCUT2D eigenvalue weighted by Gasteiger charge is 2.26. The molecule has 95 valence electrons. The summed E-state index contributed by atoms with van der Waals surface area (Å²) in [7, 11) is 0. The first-order valence-electron chi connectivity index (χ1n) is 5.79. The van der Waals surface area contributed by atoms with E-state index in [9.17, 15) is 14.0 Å². The van der Waals surface area contributed by atoms with Gasteiger partial charge >= 0.3 is 6.47 Å². The van der Waals surface area contributed by atoms with Crippen LogP contribution in [0.5, 0.6) is 0 Å². The van der Waals surface area contributed by atoms with Crippen LogP contribution in [0.3, 0.4) is 0 Å². The molecule has 0 N–H and O–H groups in total. The summed E-state index contributed by atoms with van der Waals surface area (Å²) in [5.41, 5.74) is 0.526. The van der Waals surface area contributed by atoms with Crippen molar-refractivity contribution < 1.29 is 18.8 Å². The standard InChI is InChI=1S/C13H13FNO3/c14-12-3-1-10(2-4-12)13(17)11-5-7-15(8-6-11)18-9-16/h1-4,11H,5-8H2. The number of ketones is 1. The normalized spacial score (nSPS) is 17.4. The van der Waals surface area contributed by atoms with Crippen LogP contribution in [-0.2, 0) is 9.63 Å². The summed E-state index contributed by atoms with van der Waals surface area (Å²) < 4.78 is 12.8. The van der Waals surface area contributed by atoms with Crippen LogP contribution in [0.1, 0.15) is 23.2 Å². The topological polar surface area (TPSA) is 46.6 Å². The number of benzene rings is 1. The number of rotatable bonds is 4. The van der Waals surface area contributed by atoms with Crippen molar-refractivity contribution in [2.24, 2.45) is 5.92 Å². The van der Waals surface area contributed by atoms with E-state index in [0.717, 1.165) is 0 Å². The lowest BCUT2D eigenvalue weighted by molar-refractivity contribution is -0.0932. The summed E-state index contributed by atoms with van der Waals surface area (Å²) in [6, 6.07) is 5.57. The Bertz CT molecular complexity index is 424. The fourth-order valence-electron chi connectivity index (χ4n) is 2.11. The molecule has 4 nitrogen and oxygen atoms in total. The zero-order valence-electron chi connectivity index (χ0n) is 9.77. The summed E-state index contributed by atoms with van der Waals surface area (Å²) in [5.74, 6) is -0.428. The number of hydrogen-bond donors (Lipinski definition) is 0. The molecular formula is C13H13FNO3. The van der Waals surface area contributed by atoms with Crippen molar-refractivity contribution in [3.8, 4) is 0 Å². The third-order valence-corrected chi connectivity index (χ3v) is 3.12. The molecule has 0 spiro atoms. The summed E-state index contributed by atoms with van der Waals surface area (Å²) in [6.45, 7) is 2.41. The number of carbonyl (C=O) groups excluding carboxylic acids is 2. The maximum Gasteiger partial charge on any atom is 0.438 e. The van der Waals surface area contributed by atoms with Gasteiger partial charge in [-0.2, -0.15) is 0 Å². The molecule has 1 aromatic carbocycles. The molecule has 1 heterocycles. The third-order valence-electron chi connectivity index (χ3n) is 3.12. The van der Waals surface area contributed by atoms with Gasteiger partial charge in [0.2, 0.25) is 0 Å². The van der Waals surface area contributed by atoms with Gasteiger partial charge in [-0.05, 0) is 37.1 Å². The number of hydrogen-bond acceptors (Lipinski definition) is 4. The van der Waals surface area contributed by atoms with Gasteiger partial charge in [0.15, 0.2) is 5.78 Å². The fourth-order valence-corrected chi connectivity index (χ4v) is 2.11. The highest BCUT2D eigenvalue weighted by Crippen LogP contribution is 2.21. The number of hydroxylamine groups is 2. The van der Waals surface area contributed by atoms with Crippen LogP contribution in [-0.4, -0.2) is 30.4 Å². The molecule has 0 unspecified atom stereocenters. The second-order valence-corrected chi connectivity index (χ2v) is 4.25. The largest absolute Gasteiger partial charge is 0.438 e. The molecule has 0 saturated carbocycles. The number of Topliss-reactive ketones (excluding diaryl/α,β-unsaturated/α-hetero) is 1. The van der Waals surface area contributed by atoms with Crippen LogP contribution < -0.4 is 0 Å². The monoisotopic (exact) mass is 250 g/mol. The van der Waals surface area contributed by atoms with E-state index in [1.807, 2.05) is 0 Å². The highest BCUT2D eigenvalue weighted by molar-refractivity contribution is 5.97. The van der Waals surface area contributed by atoms with E-state index < -0.39 is 0 Å². The highest BCUT2D eigenvalue weighted by atomic mass is 19.1. The van der Waals surface area contributed by atoms with E-state index in [4.69, 9.17) is 0 Å². The van der Waals surface area contributed by atoms with E-state index in [1.54, 1.807) is 0 Å². The lowest BCUT2D eigenvalue weighted by Crippen LogP contribution is -2.36. The first-order valence-corrected chi connectivity index (χ1v) is 5.79. The van der Waals surface area contributed by atoms with Crippen LogP contribution in [0, 0.1) is 11.7 Å². The van der Waals surface area contributed by atoms with E-state index in [-0.39, 0.29) is 17.5 Å². The maximum atomic E-state index is 12.8. The Morgan fingerprint density at radius 2 is 1.89 bits per heavy atom. The molecule has 0 amide bonds. The Morgan fingerprint density at radius 1 is 1.28 bits per heavy atom. The summed E-state index contributed by atoms with van der Waals surface area (Å²) >= 11 is 0. The van der Waals surface area contributed by atoms with E-state index >= 15 is 0 Å². The summed E-state index contributed by atoms with van der Waals surface area (Å²) in [4.78, 5) is 26.8. The predicted molar refractivity (Wildman–Crippen MR) is 61.8 cm³/mol. The Labute approximate surface area is 104 Å². The molecule has 1 aliphatic heterocycles. The second kappa shape index (κ2) is 5.73. The van der Waals surface area contributed by atoms with Gasteiger partial charge in [0.05, 0.1) is 0 Å². The van der Waals surface area contributed by atoms with Gasteiger partial charge in [0.25, 0.3) is 0 Å². The van der Waals surface area contributed by atoms with Crippen molar-refractivity contribution in [1.29, 1.82) is 0 Å². The van der Waals surface area contributed by atoms with Crippen molar-refractivity contribution in [3.63, 3.8) is 0 Å². The van der Waals surface area contributed by atoms with E-state index in [2.05, 4.69) is 4.84 Å². The van der Waals surface area contributed by atoms with Crippen molar-refractivity contribution in [2.75, 3.05) is 13.1 Å². The lowest BCUT2D eigenvalue weighted by atomic mass is 9.89. The number of carbonyl (C=O) groups is 1. The number of halogens is 1. The average Bonchev–Trinajstić information content (AvgIpc) is 2.40. The van der Waals surface area contributed by atoms with E-state index in [1.165, 1.54) is 35.8 Å². The molecule has 0 bridgehead atoms. The maximum absolute atomic E-state index is 12.8. The van der Waals surface area contributed by atoms with Crippen molar-refractivity contribution in [3.05, 3.63) is 35.6 Å². The van der Waals surface area contributed by atoms with Gasteiger partial charge in [0, 0.05) is 24.6 Å². The Hall–Kier alpha value is -1.75. The summed E-state index contributed by atoms with van der Waals surface area (Å²) in [5, 5.41) is 1.49. The van der Waals surface area contributed by atoms with Crippen LogP contribution in [0.2, 0.25) is 0 Å². The zero-order chi connectivity index (χ0) is 13.0. The lowest BCUT2D eigenvalue weighted by Gasteiger charge is -2.28. The molecule has 1 radical (unpaired) electrons. The molecular weight excluding hydrogens is 237 g/mol. The van der Waals surface area contributed by atoms with Gasteiger partial charge in [-0.1, -0.05) is 0 Å². The second-order valence-electron chi connectivity index (χ2n) is 4.25. The minimum atomic E-state index is -0.351. The van der Waals surface area contributed by atoms with Crippen LogP contribution in [0.15, 0.2) is 24.3 Å². The molecule has 2 rings (SSSR count). The molecule has 1 aromatic rings. The zero-order valence-corrected chi connectivity index (χ0v) is 9.77. The fraction of sp³-hybridized carbons (Fsp3) is 0.385. The number of piperidine rings is 1. The average molecular weight is 250 g/mol. The van der Waals surface area contributed by atoms with Crippen LogP contribution >= 0.6 is 0 Å². The van der Waals surface area contributed by atoms with Gasteiger partial charge in [-0.15, -0.1) is 5.06 Å². The Kier molecular flexibility index (Phi) is 4.04. The van der Waals surface area contributed by atoms with Crippen LogP contribution in [0.4, 0.5) is 4.39 Å². The predicted octanol–water partition coefficient (Wildman–Crippen LogP) is 1.72. The van der Waals surface area contributed by atoms with Gasteiger partial charge in [0.1, 0.15) is 5.82 Å². The van der Waals surface area contributed by atoms with Crippen molar-refractivity contribution >= 4 is 12.3 Å². The van der Waals surface area contributed by atoms with E-state index in [0.29, 0.717) is 31.5 Å². The molecule has 0 aromatic heterocycles. The third kappa shape index (κ3) is 2.92. The summed E-state index contributed by atoms with van der Waals surface area (Å²) in [6.07, 6.45) is 1.25. The smallest absolute Gasteiger partial charge is 0.359 e. The molecule has 1 fully saturated rings. The molecule has 1 aliphatic rings. The molecule has 18 heavy (non-hydrogen) atoms. The minimum absolute atomic E-state index is 0.0183. The minimum Gasteiger partial charge on any atom is -0.359 e. The van der Waals surface area contributed by atoms with Gasteiger partial charge < -0.3 is 4.84 Å². The molecule has 1 saturated heterocycles. The van der Waals surface area contributed by atoms with Gasteiger partial charge in [-0.3, -0.25) is 4.79 Å².